The molecule has 0 radical (unpaired) electrons. The smallest absolute Gasteiger partial charge is 0.310 e. The van der Waals surface area contributed by atoms with Crippen LogP contribution in [0.2, 0.25) is 0 Å². The van der Waals surface area contributed by atoms with E-state index in [0.29, 0.717) is 19.4 Å². The lowest BCUT2D eigenvalue weighted by Crippen LogP contribution is -2.42. The predicted octanol–water partition coefficient (Wildman–Crippen LogP) is 1.62. The zero-order valence-corrected chi connectivity index (χ0v) is 11.7. The summed E-state index contributed by atoms with van der Waals surface area (Å²) in [5.41, 5.74) is 0.136. The van der Waals surface area contributed by atoms with Crippen molar-refractivity contribution in [3.63, 3.8) is 0 Å². The fourth-order valence-corrected chi connectivity index (χ4v) is 2.46. The highest BCUT2D eigenvalue weighted by atomic mass is 16.6. The second-order valence-electron chi connectivity index (χ2n) is 4.92. The Kier molecular flexibility index (Phi) is 4.52. The maximum absolute atomic E-state index is 12.4. The van der Waals surface area contributed by atoms with Gasteiger partial charge in [0, 0.05) is 30.8 Å². The first-order valence-electron chi connectivity index (χ1n) is 6.64. The van der Waals surface area contributed by atoms with Crippen LogP contribution < -0.4 is 0 Å². The number of rotatable bonds is 3. The van der Waals surface area contributed by atoms with Crippen molar-refractivity contribution >= 4 is 17.6 Å². The van der Waals surface area contributed by atoms with Crippen LogP contribution in [-0.4, -0.2) is 41.9 Å². The highest BCUT2D eigenvalue weighted by molar-refractivity contribution is 5.95. The topological polar surface area (TPSA) is 89.8 Å². The van der Waals surface area contributed by atoms with Gasteiger partial charge in [0.2, 0.25) is 0 Å². The van der Waals surface area contributed by atoms with Gasteiger partial charge >= 0.3 is 5.97 Å². The fraction of sp³-hybridized carbons (Fsp3) is 0.429. The molecular formula is C14H16N2O5. The third-order valence-electron chi connectivity index (χ3n) is 3.55. The molecule has 1 atom stereocenters. The normalized spacial score (nSPS) is 18.1. The van der Waals surface area contributed by atoms with Crippen molar-refractivity contribution in [2.75, 3.05) is 20.2 Å². The summed E-state index contributed by atoms with van der Waals surface area (Å²) in [4.78, 5) is 35.7. The van der Waals surface area contributed by atoms with E-state index in [0.717, 1.165) is 0 Å². The number of likely N-dealkylation sites (tertiary alicyclic amines) is 1. The van der Waals surface area contributed by atoms with Crippen LogP contribution in [0.25, 0.3) is 0 Å². The first kappa shape index (κ1) is 15.0. The zero-order chi connectivity index (χ0) is 15.4. The molecule has 1 aromatic carbocycles. The quantitative estimate of drug-likeness (QED) is 0.479. The van der Waals surface area contributed by atoms with Gasteiger partial charge in [0.1, 0.15) is 0 Å². The van der Waals surface area contributed by atoms with Crippen molar-refractivity contribution in [1.29, 1.82) is 0 Å². The predicted molar refractivity (Wildman–Crippen MR) is 73.7 cm³/mol. The molecule has 1 aromatic rings. The first-order chi connectivity index (χ1) is 10.0. The molecule has 1 fully saturated rings. The summed E-state index contributed by atoms with van der Waals surface area (Å²) in [5.74, 6) is -0.953. The lowest BCUT2D eigenvalue weighted by Gasteiger charge is -2.31. The van der Waals surface area contributed by atoms with Crippen LogP contribution in [0.1, 0.15) is 23.2 Å². The van der Waals surface area contributed by atoms with E-state index in [1.54, 1.807) is 4.90 Å². The highest BCUT2D eigenvalue weighted by Gasteiger charge is 2.29. The number of hydrogen-bond acceptors (Lipinski definition) is 5. The Morgan fingerprint density at radius 2 is 2.19 bits per heavy atom. The van der Waals surface area contributed by atoms with Crippen LogP contribution in [-0.2, 0) is 9.53 Å². The van der Waals surface area contributed by atoms with Gasteiger partial charge in [0.05, 0.1) is 18.0 Å². The van der Waals surface area contributed by atoms with Crippen LogP contribution in [0.3, 0.4) is 0 Å². The second kappa shape index (κ2) is 6.34. The number of non-ortho nitro benzene ring substituents is 1. The molecule has 0 spiro atoms. The Bertz CT molecular complexity index is 572. The Labute approximate surface area is 121 Å². The van der Waals surface area contributed by atoms with Crippen molar-refractivity contribution in [1.82, 2.24) is 4.90 Å². The molecule has 0 bridgehead atoms. The van der Waals surface area contributed by atoms with Crippen LogP contribution in [0.15, 0.2) is 24.3 Å². The maximum Gasteiger partial charge on any atom is 0.310 e. The third-order valence-corrected chi connectivity index (χ3v) is 3.55. The molecule has 0 saturated carbocycles. The Morgan fingerprint density at radius 1 is 1.43 bits per heavy atom. The van der Waals surface area contributed by atoms with Gasteiger partial charge in [-0.1, -0.05) is 6.07 Å². The van der Waals surface area contributed by atoms with Gasteiger partial charge in [-0.05, 0) is 18.9 Å². The summed E-state index contributed by atoms with van der Waals surface area (Å²) in [7, 11) is 1.32. The van der Waals surface area contributed by atoms with Crippen LogP contribution in [0.5, 0.6) is 0 Å². The van der Waals surface area contributed by atoms with Gasteiger partial charge in [-0.3, -0.25) is 19.7 Å². The van der Waals surface area contributed by atoms with E-state index in [-0.39, 0.29) is 35.6 Å². The van der Waals surface area contributed by atoms with E-state index in [2.05, 4.69) is 0 Å². The molecule has 1 aliphatic heterocycles. The van der Waals surface area contributed by atoms with Crippen molar-refractivity contribution < 1.29 is 19.2 Å². The van der Waals surface area contributed by atoms with Gasteiger partial charge in [0.15, 0.2) is 0 Å². The largest absolute Gasteiger partial charge is 0.469 e. The SMILES string of the molecule is COC(=O)C1CCCN(C(=O)c2cccc([N+](=O)[O-])c2)C1. The minimum absolute atomic E-state index is 0.123. The molecule has 0 aliphatic carbocycles. The zero-order valence-electron chi connectivity index (χ0n) is 11.7. The molecule has 1 amide bonds. The number of esters is 1. The van der Waals surface area contributed by atoms with Crippen LogP contribution in [0, 0.1) is 16.0 Å². The second-order valence-corrected chi connectivity index (χ2v) is 4.92. The van der Waals surface area contributed by atoms with Gasteiger partial charge in [0.25, 0.3) is 11.6 Å². The summed E-state index contributed by atoms with van der Waals surface area (Å²) in [6, 6.07) is 5.61. The van der Waals surface area contributed by atoms with E-state index >= 15 is 0 Å². The standard InChI is InChI=1S/C14H16N2O5/c1-21-14(18)11-5-3-7-15(9-11)13(17)10-4-2-6-12(8-10)16(19)20/h2,4,6,8,11H,3,5,7,9H2,1H3. The van der Waals surface area contributed by atoms with Gasteiger partial charge in [-0.2, -0.15) is 0 Å². The van der Waals surface area contributed by atoms with Gasteiger partial charge in [-0.25, -0.2) is 0 Å². The summed E-state index contributed by atoms with van der Waals surface area (Å²) in [5, 5.41) is 10.8. The monoisotopic (exact) mass is 292 g/mol. The summed E-state index contributed by atoms with van der Waals surface area (Å²) in [6.45, 7) is 0.823. The number of amides is 1. The van der Waals surface area contributed by atoms with E-state index in [1.807, 2.05) is 0 Å². The molecular weight excluding hydrogens is 276 g/mol. The summed E-state index contributed by atoms with van der Waals surface area (Å²) < 4.78 is 4.71. The molecule has 21 heavy (non-hydrogen) atoms. The number of nitro benzene ring substituents is 1. The number of benzene rings is 1. The van der Waals surface area contributed by atoms with Crippen molar-refractivity contribution in [3.05, 3.63) is 39.9 Å². The maximum atomic E-state index is 12.4. The number of carbonyl (C=O) groups excluding carboxylic acids is 2. The van der Waals surface area contributed by atoms with Gasteiger partial charge in [-0.15, -0.1) is 0 Å². The number of hydrogen-bond donors (Lipinski definition) is 0. The number of nitrogens with zero attached hydrogens (tertiary/aromatic N) is 2. The molecule has 1 unspecified atom stereocenters. The highest BCUT2D eigenvalue weighted by Crippen LogP contribution is 2.21. The first-order valence-corrected chi connectivity index (χ1v) is 6.64. The van der Waals surface area contributed by atoms with Crippen LogP contribution in [0.4, 0.5) is 5.69 Å². The van der Waals surface area contributed by atoms with E-state index < -0.39 is 4.92 Å². The molecule has 7 nitrogen and oxygen atoms in total. The Morgan fingerprint density at radius 3 is 2.86 bits per heavy atom. The minimum atomic E-state index is -0.537. The molecule has 0 N–H and O–H groups in total. The van der Waals surface area contributed by atoms with E-state index in [1.165, 1.54) is 31.4 Å². The number of piperidine rings is 1. The molecule has 0 aromatic heterocycles. The average Bonchev–Trinajstić information content (AvgIpc) is 2.53. The summed E-state index contributed by atoms with van der Waals surface area (Å²) in [6.07, 6.45) is 1.39. The molecule has 1 aliphatic rings. The number of methoxy groups -OCH3 is 1. The molecule has 1 heterocycles. The Hall–Kier alpha value is -2.44. The molecule has 2 rings (SSSR count). The van der Waals surface area contributed by atoms with Crippen molar-refractivity contribution in [2.45, 2.75) is 12.8 Å². The number of ether oxygens (including phenoxy) is 1. The van der Waals surface area contributed by atoms with Gasteiger partial charge < -0.3 is 9.64 Å². The molecule has 7 heteroatoms. The third kappa shape index (κ3) is 3.36. The Balaban J connectivity index is 2.14. The number of nitro groups is 1. The summed E-state index contributed by atoms with van der Waals surface area (Å²) >= 11 is 0. The minimum Gasteiger partial charge on any atom is -0.469 e. The molecule has 1 saturated heterocycles. The molecule has 112 valence electrons. The van der Waals surface area contributed by atoms with E-state index in [9.17, 15) is 19.7 Å². The fourth-order valence-electron chi connectivity index (χ4n) is 2.46. The van der Waals surface area contributed by atoms with Crippen molar-refractivity contribution in [3.8, 4) is 0 Å². The van der Waals surface area contributed by atoms with E-state index in [4.69, 9.17) is 4.74 Å². The lowest BCUT2D eigenvalue weighted by atomic mass is 9.97. The average molecular weight is 292 g/mol. The number of carbonyl (C=O) groups is 2. The lowest BCUT2D eigenvalue weighted by molar-refractivity contribution is -0.384. The van der Waals surface area contributed by atoms with Crippen LogP contribution >= 0.6 is 0 Å². The van der Waals surface area contributed by atoms with Crippen molar-refractivity contribution in [2.24, 2.45) is 5.92 Å².